The lowest BCUT2D eigenvalue weighted by atomic mass is 9.73. The molecule has 148 valence electrons. The number of fused-ring (bicyclic) bond motifs is 2. The fourth-order valence-corrected chi connectivity index (χ4v) is 4.05. The standard InChI is InChI=1S/C21H30N2O4/c1-21(2,3)27-19(24)9-18-16-10-22-11-17(18)13-23(12-16)20(25)26-14-15-7-5-4-6-8-15/h4-8,16-18,22H,9-14H2,1-3H3. The zero-order chi connectivity index (χ0) is 19.4. The number of nitrogens with one attached hydrogen (secondary N) is 1. The highest BCUT2D eigenvalue weighted by Gasteiger charge is 2.42. The Bertz CT molecular complexity index is 642. The molecule has 2 aliphatic heterocycles. The third-order valence-electron chi connectivity index (χ3n) is 5.22. The summed E-state index contributed by atoms with van der Waals surface area (Å²) in [5, 5.41) is 3.42. The number of amides is 1. The number of nitrogens with zero attached hydrogens (tertiary/aromatic N) is 1. The van der Waals surface area contributed by atoms with Gasteiger partial charge in [0.2, 0.25) is 0 Å². The molecule has 2 unspecified atom stereocenters. The molecular formula is C21H30N2O4. The second-order valence-electron chi connectivity index (χ2n) is 8.58. The maximum absolute atomic E-state index is 12.5. The van der Waals surface area contributed by atoms with Gasteiger partial charge in [-0.3, -0.25) is 4.79 Å². The molecule has 1 aromatic carbocycles. The van der Waals surface area contributed by atoms with Gasteiger partial charge in [0.05, 0.1) is 0 Å². The van der Waals surface area contributed by atoms with E-state index in [9.17, 15) is 9.59 Å². The molecule has 2 atom stereocenters. The van der Waals surface area contributed by atoms with Gasteiger partial charge in [-0.1, -0.05) is 30.3 Å². The summed E-state index contributed by atoms with van der Waals surface area (Å²) < 4.78 is 11.0. The maximum Gasteiger partial charge on any atom is 0.410 e. The van der Waals surface area contributed by atoms with E-state index in [2.05, 4.69) is 5.32 Å². The Morgan fingerprint density at radius 2 is 1.74 bits per heavy atom. The minimum Gasteiger partial charge on any atom is -0.460 e. The quantitative estimate of drug-likeness (QED) is 0.821. The Balaban J connectivity index is 1.55. The zero-order valence-corrected chi connectivity index (χ0v) is 16.4. The van der Waals surface area contributed by atoms with Gasteiger partial charge in [-0.2, -0.15) is 0 Å². The van der Waals surface area contributed by atoms with Gasteiger partial charge in [-0.15, -0.1) is 0 Å². The van der Waals surface area contributed by atoms with Crippen LogP contribution < -0.4 is 5.32 Å². The van der Waals surface area contributed by atoms with Gasteiger partial charge in [0, 0.05) is 19.5 Å². The van der Waals surface area contributed by atoms with Crippen LogP contribution in [0.5, 0.6) is 0 Å². The third-order valence-corrected chi connectivity index (χ3v) is 5.22. The van der Waals surface area contributed by atoms with E-state index in [1.54, 1.807) is 4.90 Å². The van der Waals surface area contributed by atoms with Gasteiger partial charge >= 0.3 is 12.1 Å². The number of ether oxygens (including phenoxy) is 2. The maximum atomic E-state index is 12.5. The Morgan fingerprint density at radius 1 is 1.11 bits per heavy atom. The first-order valence-electron chi connectivity index (χ1n) is 9.70. The molecular weight excluding hydrogens is 344 g/mol. The van der Waals surface area contributed by atoms with Crippen LogP contribution in [0.15, 0.2) is 30.3 Å². The lowest BCUT2D eigenvalue weighted by Crippen LogP contribution is -2.58. The number of hydrogen-bond donors (Lipinski definition) is 1. The minimum atomic E-state index is -0.466. The van der Waals surface area contributed by atoms with Crippen molar-refractivity contribution in [2.75, 3.05) is 26.2 Å². The molecule has 2 fully saturated rings. The molecule has 27 heavy (non-hydrogen) atoms. The molecule has 3 rings (SSSR count). The molecule has 0 aromatic heterocycles. The number of piperidine rings is 2. The molecule has 0 aliphatic carbocycles. The Morgan fingerprint density at radius 3 is 2.33 bits per heavy atom. The first-order chi connectivity index (χ1) is 12.8. The molecule has 6 heteroatoms. The van der Waals surface area contributed by atoms with Crippen LogP contribution in [0.2, 0.25) is 0 Å². The number of esters is 1. The van der Waals surface area contributed by atoms with Crippen LogP contribution in [0.25, 0.3) is 0 Å². The Labute approximate surface area is 161 Å². The van der Waals surface area contributed by atoms with E-state index in [0.717, 1.165) is 18.7 Å². The molecule has 0 saturated carbocycles. The summed E-state index contributed by atoms with van der Waals surface area (Å²) in [6, 6.07) is 9.69. The summed E-state index contributed by atoms with van der Waals surface area (Å²) >= 11 is 0. The highest BCUT2D eigenvalue weighted by molar-refractivity contribution is 5.71. The Hall–Kier alpha value is -2.08. The lowest BCUT2D eigenvalue weighted by molar-refractivity contribution is -0.158. The number of likely N-dealkylation sites (tertiary alicyclic amines) is 1. The molecule has 2 heterocycles. The van der Waals surface area contributed by atoms with Crippen LogP contribution in [0.4, 0.5) is 4.79 Å². The smallest absolute Gasteiger partial charge is 0.410 e. The van der Waals surface area contributed by atoms with E-state index in [4.69, 9.17) is 9.47 Å². The zero-order valence-electron chi connectivity index (χ0n) is 16.4. The lowest BCUT2D eigenvalue weighted by Gasteiger charge is -2.47. The number of carbonyl (C=O) groups is 2. The van der Waals surface area contributed by atoms with E-state index in [-0.39, 0.29) is 36.4 Å². The van der Waals surface area contributed by atoms with Crippen LogP contribution in [-0.4, -0.2) is 48.7 Å². The average molecular weight is 374 g/mol. The van der Waals surface area contributed by atoms with Crippen molar-refractivity contribution < 1.29 is 19.1 Å². The van der Waals surface area contributed by atoms with Gasteiger partial charge in [0.25, 0.3) is 0 Å². The number of benzene rings is 1. The summed E-state index contributed by atoms with van der Waals surface area (Å²) in [4.78, 5) is 26.6. The van der Waals surface area contributed by atoms with Crippen LogP contribution >= 0.6 is 0 Å². The van der Waals surface area contributed by atoms with E-state index in [0.29, 0.717) is 19.5 Å². The predicted octanol–water partition coefficient (Wildman–Crippen LogP) is 2.82. The van der Waals surface area contributed by atoms with E-state index >= 15 is 0 Å². The molecule has 1 N–H and O–H groups in total. The SMILES string of the molecule is CC(C)(C)OC(=O)CC1C2CNCC1CN(C(=O)OCc1ccccc1)C2. The number of hydrogen-bond acceptors (Lipinski definition) is 5. The summed E-state index contributed by atoms with van der Waals surface area (Å²) in [6.07, 6.45) is 0.146. The van der Waals surface area contributed by atoms with Crippen molar-refractivity contribution in [3.63, 3.8) is 0 Å². The largest absolute Gasteiger partial charge is 0.460 e. The van der Waals surface area contributed by atoms with Crippen molar-refractivity contribution in [3.05, 3.63) is 35.9 Å². The summed E-state index contributed by atoms with van der Waals surface area (Å²) in [7, 11) is 0. The van der Waals surface area contributed by atoms with Gasteiger partial charge in [-0.05, 0) is 57.2 Å². The molecule has 2 bridgehead atoms. The molecule has 1 aromatic rings. The van der Waals surface area contributed by atoms with Gasteiger partial charge in [0.1, 0.15) is 12.2 Å². The monoisotopic (exact) mass is 374 g/mol. The van der Waals surface area contributed by atoms with Crippen molar-refractivity contribution in [2.24, 2.45) is 17.8 Å². The van der Waals surface area contributed by atoms with Crippen molar-refractivity contribution in [1.29, 1.82) is 0 Å². The second kappa shape index (κ2) is 8.30. The van der Waals surface area contributed by atoms with E-state index in [1.165, 1.54) is 0 Å². The van der Waals surface area contributed by atoms with Crippen LogP contribution in [0.3, 0.4) is 0 Å². The normalized spacial score (nSPS) is 25.0. The van der Waals surface area contributed by atoms with Crippen LogP contribution in [-0.2, 0) is 20.9 Å². The minimum absolute atomic E-state index is 0.149. The van der Waals surface area contributed by atoms with Crippen molar-refractivity contribution in [1.82, 2.24) is 10.2 Å². The summed E-state index contributed by atoms with van der Waals surface area (Å²) in [5.41, 5.74) is 0.513. The van der Waals surface area contributed by atoms with E-state index in [1.807, 2.05) is 51.1 Å². The predicted molar refractivity (Wildman–Crippen MR) is 102 cm³/mol. The van der Waals surface area contributed by atoms with E-state index < -0.39 is 5.60 Å². The third kappa shape index (κ3) is 5.45. The summed E-state index contributed by atoms with van der Waals surface area (Å²) in [6.45, 7) is 8.80. The average Bonchev–Trinajstić information content (AvgIpc) is 2.58. The number of carbonyl (C=O) groups excluding carboxylic acids is 2. The topological polar surface area (TPSA) is 67.9 Å². The summed E-state index contributed by atoms with van der Waals surface area (Å²) in [5.74, 6) is 0.590. The van der Waals surface area contributed by atoms with Gasteiger partial charge in [0.15, 0.2) is 0 Å². The molecule has 0 radical (unpaired) electrons. The highest BCUT2D eigenvalue weighted by Crippen LogP contribution is 2.34. The fraction of sp³-hybridized carbons (Fsp3) is 0.619. The molecule has 0 spiro atoms. The molecule has 2 aliphatic rings. The molecule has 6 nitrogen and oxygen atoms in total. The van der Waals surface area contributed by atoms with Crippen LogP contribution in [0.1, 0.15) is 32.8 Å². The Kier molecular flexibility index (Phi) is 6.05. The molecule has 1 amide bonds. The van der Waals surface area contributed by atoms with Crippen molar-refractivity contribution >= 4 is 12.1 Å². The van der Waals surface area contributed by atoms with Gasteiger partial charge in [-0.25, -0.2) is 4.79 Å². The fourth-order valence-electron chi connectivity index (χ4n) is 4.05. The van der Waals surface area contributed by atoms with Crippen molar-refractivity contribution in [2.45, 2.75) is 39.4 Å². The van der Waals surface area contributed by atoms with Gasteiger partial charge < -0.3 is 19.7 Å². The first kappa shape index (κ1) is 19.7. The van der Waals surface area contributed by atoms with Crippen LogP contribution in [0, 0.1) is 17.8 Å². The second-order valence-corrected chi connectivity index (χ2v) is 8.58. The van der Waals surface area contributed by atoms with Crippen molar-refractivity contribution in [3.8, 4) is 0 Å². The first-order valence-corrected chi connectivity index (χ1v) is 9.70. The number of rotatable bonds is 4. The molecule has 2 saturated heterocycles. The highest BCUT2D eigenvalue weighted by atomic mass is 16.6.